The van der Waals surface area contributed by atoms with E-state index in [0.29, 0.717) is 23.8 Å². The summed E-state index contributed by atoms with van der Waals surface area (Å²) in [5, 5.41) is 3.61. The Morgan fingerprint density at radius 1 is 1.17 bits per heavy atom. The maximum Gasteiger partial charge on any atom is 0.0682 e. The lowest BCUT2D eigenvalue weighted by atomic mass is 9.80. The molecule has 2 nitrogen and oxygen atoms in total. The molecule has 1 N–H and O–H groups in total. The first-order valence-electron chi connectivity index (χ1n) is 11.6. The largest absolute Gasteiger partial charge is 0.383 e. The van der Waals surface area contributed by atoms with Gasteiger partial charge in [0.05, 0.1) is 6.04 Å². The van der Waals surface area contributed by atoms with Crippen LogP contribution in [0.4, 0.5) is 0 Å². The summed E-state index contributed by atoms with van der Waals surface area (Å²) >= 11 is 0. The fraction of sp³-hybridized carbons (Fsp3) is 0.571. The molecule has 1 aromatic rings. The van der Waals surface area contributed by atoms with Crippen LogP contribution in [-0.2, 0) is 6.54 Å². The molecule has 1 saturated heterocycles. The van der Waals surface area contributed by atoms with Crippen molar-refractivity contribution < 1.29 is 0 Å². The van der Waals surface area contributed by atoms with E-state index in [1.165, 1.54) is 22.4 Å². The average molecular weight is 409 g/mol. The van der Waals surface area contributed by atoms with Gasteiger partial charge in [-0.2, -0.15) is 0 Å². The van der Waals surface area contributed by atoms with E-state index in [2.05, 4.69) is 109 Å². The molecule has 166 valence electrons. The Morgan fingerprint density at radius 2 is 1.77 bits per heavy atom. The Morgan fingerprint density at radius 3 is 2.30 bits per heavy atom. The van der Waals surface area contributed by atoms with E-state index >= 15 is 0 Å². The quantitative estimate of drug-likeness (QED) is 0.487. The topological polar surface area (TPSA) is 15.3 Å². The number of likely N-dealkylation sites (tertiary alicyclic amines) is 1. The first-order chi connectivity index (χ1) is 13.9. The number of nitrogens with one attached hydrogen (secondary N) is 1. The molecule has 3 unspecified atom stereocenters. The van der Waals surface area contributed by atoms with Crippen molar-refractivity contribution in [3.63, 3.8) is 0 Å². The molecule has 0 bridgehead atoms. The molecule has 1 heterocycles. The van der Waals surface area contributed by atoms with E-state index in [9.17, 15) is 0 Å². The summed E-state index contributed by atoms with van der Waals surface area (Å²) in [6, 6.07) is 9.23. The first kappa shape index (κ1) is 24.3. The van der Waals surface area contributed by atoms with Gasteiger partial charge in [0.2, 0.25) is 0 Å². The molecule has 1 aliphatic heterocycles. The minimum atomic E-state index is 0.214. The summed E-state index contributed by atoms with van der Waals surface area (Å²) in [4.78, 5) is 2.50. The van der Waals surface area contributed by atoms with Crippen LogP contribution in [0.2, 0.25) is 0 Å². The van der Waals surface area contributed by atoms with Gasteiger partial charge in [0, 0.05) is 30.4 Å². The predicted octanol–water partition coefficient (Wildman–Crippen LogP) is 7.26. The Labute approximate surface area is 186 Å². The third-order valence-electron chi connectivity index (χ3n) is 6.59. The van der Waals surface area contributed by atoms with Crippen LogP contribution in [0.1, 0.15) is 72.9 Å². The minimum Gasteiger partial charge on any atom is -0.383 e. The van der Waals surface area contributed by atoms with Gasteiger partial charge in [-0.05, 0) is 47.3 Å². The molecule has 0 saturated carbocycles. The molecule has 0 aliphatic carbocycles. The number of nitrogens with zero attached hydrogens (tertiary/aromatic N) is 1. The van der Waals surface area contributed by atoms with E-state index in [0.717, 1.165) is 25.2 Å². The highest BCUT2D eigenvalue weighted by Crippen LogP contribution is 2.38. The zero-order valence-electron chi connectivity index (χ0n) is 20.7. The van der Waals surface area contributed by atoms with Crippen LogP contribution in [0.3, 0.4) is 0 Å². The van der Waals surface area contributed by atoms with Crippen LogP contribution >= 0.6 is 0 Å². The summed E-state index contributed by atoms with van der Waals surface area (Å²) in [6.45, 7) is 28.9. The number of benzene rings is 1. The third kappa shape index (κ3) is 6.27. The van der Waals surface area contributed by atoms with Gasteiger partial charge in [0.1, 0.15) is 0 Å². The minimum absolute atomic E-state index is 0.214. The molecule has 2 rings (SSSR count). The van der Waals surface area contributed by atoms with Crippen molar-refractivity contribution in [2.24, 2.45) is 23.2 Å². The van der Waals surface area contributed by atoms with Gasteiger partial charge in [-0.3, -0.25) is 0 Å². The van der Waals surface area contributed by atoms with E-state index in [-0.39, 0.29) is 5.41 Å². The van der Waals surface area contributed by atoms with E-state index < -0.39 is 0 Å². The second-order valence-corrected chi connectivity index (χ2v) is 10.8. The van der Waals surface area contributed by atoms with Crippen LogP contribution in [0.15, 0.2) is 54.9 Å². The predicted molar refractivity (Wildman–Crippen MR) is 133 cm³/mol. The van der Waals surface area contributed by atoms with Gasteiger partial charge in [-0.1, -0.05) is 92.0 Å². The number of allylic oxidation sites excluding steroid dienone is 3. The highest BCUT2D eigenvalue weighted by atomic mass is 15.2. The van der Waals surface area contributed by atoms with Crippen molar-refractivity contribution in [2.75, 3.05) is 6.54 Å². The second kappa shape index (κ2) is 9.90. The van der Waals surface area contributed by atoms with Crippen molar-refractivity contribution in [1.82, 2.24) is 10.2 Å². The zero-order chi connectivity index (χ0) is 22.6. The van der Waals surface area contributed by atoms with E-state index in [1.54, 1.807) is 0 Å². The summed E-state index contributed by atoms with van der Waals surface area (Å²) in [7, 11) is 0. The van der Waals surface area contributed by atoms with Crippen molar-refractivity contribution in [1.29, 1.82) is 0 Å². The zero-order valence-corrected chi connectivity index (χ0v) is 20.7. The molecule has 2 heteroatoms. The molecular weight excluding hydrogens is 364 g/mol. The van der Waals surface area contributed by atoms with Crippen LogP contribution in [0.5, 0.6) is 0 Å². The average Bonchev–Trinajstić information content (AvgIpc) is 3.05. The molecular formula is C28H44N2. The number of rotatable bonds is 8. The van der Waals surface area contributed by atoms with Crippen LogP contribution in [0, 0.1) is 23.2 Å². The van der Waals surface area contributed by atoms with Gasteiger partial charge < -0.3 is 10.2 Å². The van der Waals surface area contributed by atoms with Gasteiger partial charge in [0.15, 0.2) is 0 Å². The van der Waals surface area contributed by atoms with Crippen LogP contribution in [-0.4, -0.2) is 17.5 Å². The monoisotopic (exact) mass is 408 g/mol. The highest BCUT2D eigenvalue weighted by Gasteiger charge is 2.36. The van der Waals surface area contributed by atoms with Crippen molar-refractivity contribution >= 4 is 5.57 Å². The molecule has 1 fully saturated rings. The van der Waals surface area contributed by atoms with Crippen molar-refractivity contribution in [3.8, 4) is 0 Å². The van der Waals surface area contributed by atoms with Gasteiger partial charge in [-0.25, -0.2) is 0 Å². The lowest BCUT2D eigenvalue weighted by molar-refractivity contribution is 0.219. The van der Waals surface area contributed by atoms with Crippen LogP contribution in [0.25, 0.3) is 5.57 Å². The molecule has 1 aliphatic rings. The maximum atomic E-state index is 4.49. The lowest BCUT2D eigenvalue weighted by Gasteiger charge is -2.38. The maximum absolute atomic E-state index is 4.49. The molecule has 0 amide bonds. The van der Waals surface area contributed by atoms with E-state index in [1.807, 2.05) is 0 Å². The molecule has 3 atom stereocenters. The standard InChI is InChI=1S/C28H44N2/c1-19(2)15-21(4)26-13-11-25(12-14-26)17-29-23(6)27-16-20(3)18-30(27)24(7)22(5)28(8,9)10/h11-15,19-20,22,27,29H,6-7,16-18H2,1-5,8-10H3/b21-15+. The Hall–Kier alpha value is -1.96. The Kier molecular flexibility index (Phi) is 8.02. The van der Waals surface area contributed by atoms with Crippen molar-refractivity contribution in [2.45, 2.75) is 74.4 Å². The summed E-state index contributed by atoms with van der Waals surface area (Å²) < 4.78 is 0. The fourth-order valence-electron chi connectivity index (χ4n) is 4.26. The first-order valence-corrected chi connectivity index (χ1v) is 11.6. The Bertz CT molecular complexity index is 761. The number of hydrogen-bond acceptors (Lipinski definition) is 2. The third-order valence-corrected chi connectivity index (χ3v) is 6.59. The van der Waals surface area contributed by atoms with Gasteiger partial charge in [-0.15, -0.1) is 0 Å². The second-order valence-electron chi connectivity index (χ2n) is 10.8. The van der Waals surface area contributed by atoms with Crippen LogP contribution < -0.4 is 5.32 Å². The van der Waals surface area contributed by atoms with Crippen molar-refractivity contribution in [3.05, 3.63) is 66.0 Å². The van der Waals surface area contributed by atoms with Gasteiger partial charge in [0.25, 0.3) is 0 Å². The Balaban J connectivity index is 2.01. The highest BCUT2D eigenvalue weighted by molar-refractivity contribution is 5.63. The molecule has 0 radical (unpaired) electrons. The molecule has 30 heavy (non-hydrogen) atoms. The molecule has 1 aromatic carbocycles. The molecule has 0 aromatic heterocycles. The normalized spacial score (nSPS) is 21.1. The molecule has 0 spiro atoms. The smallest absolute Gasteiger partial charge is 0.0682 e. The van der Waals surface area contributed by atoms with Gasteiger partial charge >= 0.3 is 0 Å². The summed E-state index contributed by atoms with van der Waals surface area (Å²) in [5.41, 5.74) is 6.51. The lowest BCUT2D eigenvalue weighted by Crippen LogP contribution is -2.38. The SMILES string of the molecule is C=C(NCc1ccc(/C(C)=C/C(C)C)cc1)C1CC(C)CN1C(=C)C(C)C(C)(C)C. The number of hydrogen-bond donors (Lipinski definition) is 1. The summed E-state index contributed by atoms with van der Waals surface area (Å²) in [5.74, 6) is 1.67. The fourth-order valence-corrected chi connectivity index (χ4v) is 4.26. The summed E-state index contributed by atoms with van der Waals surface area (Å²) in [6.07, 6.45) is 3.45. The van der Waals surface area contributed by atoms with E-state index in [4.69, 9.17) is 0 Å².